The van der Waals surface area contributed by atoms with Crippen molar-refractivity contribution in [3.63, 3.8) is 0 Å². The largest absolute Gasteiger partial charge is 0.464 e. The normalized spacial score (nSPS) is 13.7. The molecule has 1 aliphatic heterocycles. The molecule has 0 saturated heterocycles. The van der Waals surface area contributed by atoms with Crippen molar-refractivity contribution in [3.8, 4) is 11.5 Å². The van der Waals surface area contributed by atoms with Gasteiger partial charge in [0, 0.05) is 29.9 Å². The van der Waals surface area contributed by atoms with Gasteiger partial charge in [0.2, 0.25) is 0 Å². The number of rotatable bonds is 2. The first-order chi connectivity index (χ1) is 11.2. The molecule has 4 rings (SSSR count). The van der Waals surface area contributed by atoms with Crippen LogP contribution in [-0.2, 0) is 13.0 Å². The lowest BCUT2D eigenvalue weighted by Crippen LogP contribution is -2.24. The molecular formula is C17H15N3O3. The van der Waals surface area contributed by atoms with Crippen LogP contribution in [0.5, 0.6) is 11.5 Å². The summed E-state index contributed by atoms with van der Waals surface area (Å²) in [6.07, 6.45) is 5.09. The maximum atomic E-state index is 11.1. The fourth-order valence-electron chi connectivity index (χ4n) is 2.93. The van der Waals surface area contributed by atoms with Crippen LogP contribution in [0.25, 0.3) is 10.9 Å². The minimum absolute atomic E-state index is 0.639. The first kappa shape index (κ1) is 13.8. The third-order valence-electron chi connectivity index (χ3n) is 4.08. The van der Waals surface area contributed by atoms with Gasteiger partial charge in [-0.25, -0.2) is 4.79 Å². The summed E-state index contributed by atoms with van der Waals surface area (Å²) in [7, 11) is 0. The number of hydrogen-bond acceptors (Lipinski definition) is 4. The second-order valence-electron chi connectivity index (χ2n) is 5.49. The fourth-order valence-corrected chi connectivity index (χ4v) is 2.93. The van der Waals surface area contributed by atoms with E-state index >= 15 is 0 Å². The second kappa shape index (κ2) is 5.40. The van der Waals surface area contributed by atoms with Crippen LogP contribution < -0.4 is 10.1 Å². The Kier molecular flexibility index (Phi) is 3.24. The van der Waals surface area contributed by atoms with Crippen LogP contribution in [0, 0.1) is 0 Å². The van der Waals surface area contributed by atoms with Gasteiger partial charge in [0.05, 0.1) is 11.7 Å². The van der Waals surface area contributed by atoms with Crippen molar-refractivity contribution in [2.24, 2.45) is 0 Å². The van der Waals surface area contributed by atoms with E-state index in [0.29, 0.717) is 11.3 Å². The second-order valence-corrected chi connectivity index (χ2v) is 5.49. The van der Waals surface area contributed by atoms with Crippen molar-refractivity contribution >= 4 is 17.0 Å². The summed E-state index contributed by atoms with van der Waals surface area (Å²) in [6.45, 7) is 1.72. The number of carbonyl (C=O) groups is 1. The van der Waals surface area contributed by atoms with Gasteiger partial charge in [0.1, 0.15) is 11.5 Å². The molecule has 6 nitrogen and oxygen atoms in total. The molecule has 0 unspecified atom stereocenters. The number of hydrogen-bond donors (Lipinski definition) is 2. The Bertz CT molecular complexity index is 901. The maximum Gasteiger partial charge on any atom is 0.415 e. The van der Waals surface area contributed by atoms with Gasteiger partial charge in [-0.3, -0.25) is 9.55 Å². The van der Waals surface area contributed by atoms with Crippen LogP contribution in [0.15, 0.2) is 42.9 Å². The topological polar surface area (TPSA) is 76.4 Å². The summed E-state index contributed by atoms with van der Waals surface area (Å²) in [5.41, 5.74) is 2.98. The summed E-state index contributed by atoms with van der Waals surface area (Å²) < 4.78 is 7.18. The van der Waals surface area contributed by atoms with E-state index in [4.69, 9.17) is 9.84 Å². The molecule has 1 aliphatic rings. The van der Waals surface area contributed by atoms with Gasteiger partial charge in [-0.1, -0.05) is 0 Å². The van der Waals surface area contributed by atoms with Gasteiger partial charge in [0.25, 0.3) is 0 Å². The highest BCUT2D eigenvalue weighted by Crippen LogP contribution is 2.30. The smallest absolute Gasteiger partial charge is 0.415 e. The molecule has 0 aliphatic carbocycles. The summed E-state index contributed by atoms with van der Waals surface area (Å²) in [4.78, 5) is 15.4. The van der Waals surface area contributed by atoms with Crippen LogP contribution in [0.2, 0.25) is 0 Å². The molecule has 0 amide bonds. The molecule has 0 fully saturated rings. The highest BCUT2D eigenvalue weighted by atomic mass is 16.5. The molecular weight excluding hydrogens is 294 g/mol. The van der Waals surface area contributed by atoms with E-state index in [1.54, 1.807) is 24.4 Å². The van der Waals surface area contributed by atoms with Gasteiger partial charge in [-0.2, -0.15) is 0 Å². The Balaban J connectivity index is 1.70. The summed E-state index contributed by atoms with van der Waals surface area (Å²) >= 11 is 0. The molecule has 116 valence electrons. The Morgan fingerprint density at radius 1 is 1.30 bits per heavy atom. The minimum Gasteiger partial charge on any atom is -0.464 e. The van der Waals surface area contributed by atoms with E-state index in [2.05, 4.69) is 10.3 Å². The number of aromatic nitrogens is 2. The quantitative estimate of drug-likeness (QED) is 0.761. The Morgan fingerprint density at radius 2 is 2.22 bits per heavy atom. The number of nitrogens with one attached hydrogen (secondary N) is 1. The molecule has 2 aromatic heterocycles. The van der Waals surface area contributed by atoms with Crippen LogP contribution in [0.4, 0.5) is 4.79 Å². The van der Waals surface area contributed by atoms with Crippen LogP contribution in [0.1, 0.15) is 11.1 Å². The zero-order chi connectivity index (χ0) is 15.8. The van der Waals surface area contributed by atoms with Crippen molar-refractivity contribution in [1.29, 1.82) is 0 Å². The standard InChI is InChI=1S/C17H15N3O3/c21-17(22)20-6-4-11-7-13(1-2-15(11)20)23-16-10-19-8-12-3-5-18-9-14(12)16/h1-2,4,6-8,10,18H,3,5,9H2,(H,21,22). The van der Waals surface area contributed by atoms with Crippen LogP contribution in [0.3, 0.4) is 0 Å². The lowest BCUT2D eigenvalue weighted by Gasteiger charge is -2.19. The minimum atomic E-state index is -0.999. The van der Waals surface area contributed by atoms with Crippen molar-refractivity contribution in [2.75, 3.05) is 6.54 Å². The van der Waals surface area contributed by atoms with Crippen molar-refractivity contribution in [2.45, 2.75) is 13.0 Å². The van der Waals surface area contributed by atoms with Crippen molar-refractivity contribution in [3.05, 3.63) is 54.0 Å². The fraction of sp³-hybridized carbons (Fsp3) is 0.176. The molecule has 0 bridgehead atoms. The first-order valence-corrected chi connectivity index (χ1v) is 7.41. The highest BCUT2D eigenvalue weighted by Gasteiger charge is 2.15. The summed E-state index contributed by atoms with van der Waals surface area (Å²) in [6, 6.07) is 7.12. The molecule has 0 saturated carbocycles. The van der Waals surface area contributed by atoms with Crippen LogP contribution in [-0.4, -0.2) is 27.3 Å². The molecule has 0 atom stereocenters. The lowest BCUT2D eigenvalue weighted by molar-refractivity contribution is 0.197. The van der Waals surface area contributed by atoms with Gasteiger partial charge in [-0.05, 0) is 42.8 Å². The molecule has 23 heavy (non-hydrogen) atoms. The van der Waals surface area contributed by atoms with Crippen LogP contribution >= 0.6 is 0 Å². The van der Waals surface area contributed by atoms with Gasteiger partial charge >= 0.3 is 6.09 Å². The number of fused-ring (bicyclic) bond motifs is 2. The molecule has 0 spiro atoms. The number of ether oxygens (including phenoxy) is 1. The third kappa shape index (κ3) is 2.43. The molecule has 2 N–H and O–H groups in total. The predicted octanol–water partition coefficient (Wildman–Crippen LogP) is 3.00. The zero-order valence-electron chi connectivity index (χ0n) is 12.3. The van der Waals surface area contributed by atoms with E-state index in [9.17, 15) is 4.79 Å². The highest BCUT2D eigenvalue weighted by molar-refractivity contribution is 5.89. The zero-order valence-corrected chi connectivity index (χ0v) is 12.3. The first-order valence-electron chi connectivity index (χ1n) is 7.41. The SMILES string of the molecule is O=C(O)n1ccc2cc(Oc3cncc4c3CNCC4)ccc21. The third-order valence-corrected chi connectivity index (χ3v) is 4.08. The molecule has 3 aromatic rings. The summed E-state index contributed by atoms with van der Waals surface area (Å²) in [5, 5.41) is 13.3. The van der Waals surface area contributed by atoms with E-state index < -0.39 is 6.09 Å². The van der Waals surface area contributed by atoms with E-state index in [1.807, 2.05) is 12.3 Å². The molecule has 1 aromatic carbocycles. The Morgan fingerprint density at radius 3 is 3.09 bits per heavy atom. The van der Waals surface area contributed by atoms with Gasteiger partial charge in [0.15, 0.2) is 0 Å². The number of nitrogens with zero attached hydrogens (tertiary/aromatic N) is 2. The van der Waals surface area contributed by atoms with E-state index in [1.165, 1.54) is 16.3 Å². The van der Waals surface area contributed by atoms with Gasteiger partial charge < -0.3 is 15.2 Å². The van der Waals surface area contributed by atoms with Crippen molar-refractivity contribution < 1.29 is 14.6 Å². The average molecular weight is 309 g/mol. The molecule has 6 heteroatoms. The van der Waals surface area contributed by atoms with E-state index in [-0.39, 0.29) is 0 Å². The van der Waals surface area contributed by atoms with Crippen molar-refractivity contribution in [1.82, 2.24) is 14.9 Å². The maximum absolute atomic E-state index is 11.1. The number of pyridine rings is 1. The molecule has 0 radical (unpaired) electrons. The average Bonchev–Trinajstić information content (AvgIpc) is 2.99. The lowest BCUT2D eigenvalue weighted by atomic mass is 10.0. The Hall–Kier alpha value is -2.86. The van der Waals surface area contributed by atoms with E-state index in [0.717, 1.165) is 36.2 Å². The molecule has 3 heterocycles. The predicted molar refractivity (Wildman–Crippen MR) is 85.1 cm³/mol. The number of carboxylic acid groups (broad SMARTS) is 1. The van der Waals surface area contributed by atoms with Gasteiger partial charge in [-0.15, -0.1) is 0 Å². The monoisotopic (exact) mass is 309 g/mol. The number of benzene rings is 1. The summed E-state index contributed by atoms with van der Waals surface area (Å²) in [5.74, 6) is 1.41. The Labute approximate surface area is 132 Å².